The Morgan fingerprint density at radius 2 is 2.23 bits per heavy atom. The summed E-state index contributed by atoms with van der Waals surface area (Å²) in [6.45, 7) is 4.65. The molecule has 72 valence electrons. The summed E-state index contributed by atoms with van der Waals surface area (Å²) >= 11 is 0. The highest BCUT2D eigenvalue weighted by atomic mass is 16.5. The molecule has 0 amide bonds. The minimum atomic E-state index is 0.183. The first kappa shape index (κ1) is 9.92. The Kier molecular flexibility index (Phi) is 3.64. The second-order valence-electron chi connectivity index (χ2n) is 2.99. The maximum Gasteiger partial charge on any atom is 0.148 e. The fourth-order valence-corrected chi connectivity index (χ4v) is 0.825. The van der Waals surface area contributed by atoms with Crippen molar-refractivity contribution in [3.05, 3.63) is 17.8 Å². The summed E-state index contributed by atoms with van der Waals surface area (Å²) in [5.74, 6) is 0.787. The van der Waals surface area contributed by atoms with Crippen LogP contribution in [0.15, 0.2) is 12.1 Å². The molecule has 1 N–H and O–H groups in total. The van der Waals surface area contributed by atoms with Gasteiger partial charge in [-0.25, -0.2) is 0 Å². The molecule has 0 saturated carbocycles. The van der Waals surface area contributed by atoms with Crippen molar-refractivity contribution in [1.29, 1.82) is 0 Å². The van der Waals surface area contributed by atoms with Gasteiger partial charge in [-0.1, -0.05) is 0 Å². The molecule has 1 atom stereocenters. The molecular weight excluding hydrogens is 166 g/mol. The van der Waals surface area contributed by atoms with Crippen LogP contribution in [0.1, 0.15) is 12.6 Å². The van der Waals surface area contributed by atoms with Crippen LogP contribution in [0.2, 0.25) is 0 Å². The number of anilines is 1. The molecule has 1 aromatic heterocycles. The minimum absolute atomic E-state index is 0.183. The van der Waals surface area contributed by atoms with E-state index in [-0.39, 0.29) is 6.10 Å². The van der Waals surface area contributed by atoms with Crippen LogP contribution >= 0.6 is 0 Å². The highest BCUT2D eigenvalue weighted by Gasteiger charge is 1.99. The zero-order valence-corrected chi connectivity index (χ0v) is 8.24. The van der Waals surface area contributed by atoms with E-state index < -0.39 is 0 Å². The number of aromatic nitrogens is 2. The van der Waals surface area contributed by atoms with E-state index in [0.717, 1.165) is 18.1 Å². The smallest absolute Gasteiger partial charge is 0.148 e. The van der Waals surface area contributed by atoms with Crippen molar-refractivity contribution in [2.75, 3.05) is 19.0 Å². The molecule has 0 aliphatic carbocycles. The molecule has 1 aromatic rings. The molecule has 0 bridgehead atoms. The summed E-state index contributed by atoms with van der Waals surface area (Å²) in [6, 6.07) is 3.83. The SMILES string of the molecule is COC(C)CNc1ccc(C)nn1. The number of aryl methyl sites for hydroxylation is 1. The summed E-state index contributed by atoms with van der Waals surface area (Å²) in [5, 5.41) is 11.0. The van der Waals surface area contributed by atoms with E-state index in [4.69, 9.17) is 4.74 Å². The van der Waals surface area contributed by atoms with Crippen molar-refractivity contribution in [2.45, 2.75) is 20.0 Å². The normalized spacial score (nSPS) is 12.5. The van der Waals surface area contributed by atoms with Gasteiger partial charge in [-0.15, -0.1) is 5.10 Å². The maximum absolute atomic E-state index is 5.08. The van der Waals surface area contributed by atoms with Crippen molar-refractivity contribution < 1.29 is 4.74 Å². The average Bonchev–Trinajstić information content (AvgIpc) is 2.16. The predicted molar refractivity (Wildman–Crippen MR) is 51.7 cm³/mol. The quantitative estimate of drug-likeness (QED) is 0.759. The average molecular weight is 181 g/mol. The second-order valence-corrected chi connectivity index (χ2v) is 2.99. The van der Waals surface area contributed by atoms with Gasteiger partial charge < -0.3 is 10.1 Å². The molecular formula is C9H15N3O. The molecule has 0 aliphatic heterocycles. The van der Waals surface area contributed by atoms with Crippen LogP contribution in [0.25, 0.3) is 0 Å². The van der Waals surface area contributed by atoms with Crippen molar-refractivity contribution in [3.8, 4) is 0 Å². The molecule has 4 nitrogen and oxygen atoms in total. The highest BCUT2D eigenvalue weighted by Crippen LogP contribution is 2.01. The fourth-order valence-electron chi connectivity index (χ4n) is 0.825. The topological polar surface area (TPSA) is 47.0 Å². The Hall–Kier alpha value is -1.16. The van der Waals surface area contributed by atoms with E-state index in [1.165, 1.54) is 0 Å². The van der Waals surface area contributed by atoms with E-state index in [2.05, 4.69) is 15.5 Å². The van der Waals surface area contributed by atoms with Crippen LogP contribution in [0.4, 0.5) is 5.82 Å². The number of rotatable bonds is 4. The van der Waals surface area contributed by atoms with Crippen molar-refractivity contribution in [3.63, 3.8) is 0 Å². The lowest BCUT2D eigenvalue weighted by molar-refractivity contribution is 0.128. The Labute approximate surface area is 78.3 Å². The lowest BCUT2D eigenvalue weighted by Crippen LogP contribution is -2.18. The molecule has 0 saturated heterocycles. The molecule has 0 spiro atoms. The van der Waals surface area contributed by atoms with Crippen molar-refractivity contribution in [1.82, 2.24) is 10.2 Å². The minimum Gasteiger partial charge on any atom is -0.380 e. The largest absolute Gasteiger partial charge is 0.380 e. The standard InChI is InChI=1S/C9H15N3O/c1-7-4-5-9(12-11-7)10-6-8(2)13-3/h4-5,8H,6H2,1-3H3,(H,10,12). The molecule has 0 fully saturated rings. The molecule has 0 aromatic carbocycles. The summed E-state index contributed by atoms with van der Waals surface area (Å²) in [4.78, 5) is 0. The van der Waals surface area contributed by atoms with Crippen LogP contribution in [-0.2, 0) is 4.74 Å². The zero-order valence-electron chi connectivity index (χ0n) is 8.24. The van der Waals surface area contributed by atoms with E-state index in [9.17, 15) is 0 Å². The van der Waals surface area contributed by atoms with Gasteiger partial charge in [-0.3, -0.25) is 0 Å². The number of nitrogens with one attached hydrogen (secondary N) is 1. The number of methoxy groups -OCH3 is 1. The van der Waals surface area contributed by atoms with Crippen LogP contribution in [0.3, 0.4) is 0 Å². The lowest BCUT2D eigenvalue weighted by atomic mass is 10.4. The summed E-state index contributed by atoms with van der Waals surface area (Å²) in [6.07, 6.45) is 0.183. The van der Waals surface area contributed by atoms with Crippen molar-refractivity contribution in [2.24, 2.45) is 0 Å². The molecule has 1 rings (SSSR count). The summed E-state index contributed by atoms with van der Waals surface area (Å²) < 4.78 is 5.08. The van der Waals surface area contributed by atoms with Crippen LogP contribution in [-0.4, -0.2) is 30.0 Å². The Bertz CT molecular complexity index is 248. The third kappa shape index (κ3) is 3.38. The van der Waals surface area contributed by atoms with Crippen LogP contribution < -0.4 is 5.32 Å². The number of hydrogen-bond donors (Lipinski definition) is 1. The fraction of sp³-hybridized carbons (Fsp3) is 0.556. The predicted octanol–water partition coefficient (Wildman–Crippen LogP) is 1.23. The molecule has 0 radical (unpaired) electrons. The third-order valence-electron chi connectivity index (χ3n) is 1.77. The summed E-state index contributed by atoms with van der Waals surface area (Å²) in [7, 11) is 1.69. The van der Waals surface area contributed by atoms with E-state index in [1.54, 1.807) is 7.11 Å². The van der Waals surface area contributed by atoms with Gasteiger partial charge in [0.25, 0.3) is 0 Å². The van der Waals surface area contributed by atoms with Gasteiger partial charge >= 0.3 is 0 Å². The van der Waals surface area contributed by atoms with E-state index >= 15 is 0 Å². The Balaban J connectivity index is 2.41. The number of ether oxygens (including phenoxy) is 1. The molecule has 1 heterocycles. The first-order valence-corrected chi connectivity index (χ1v) is 4.29. The highest BCUT2D eigenvalue weighted by molar-refractivity contribution is 5.32. The van der Waals surface area contributed by atoms with Gasteiger partial charge in [-0.2, -0.15) is 5.10 Å². The van der Waals surface area contributed by atoms with Crippen LogP contribution in [0.5, 0.6) is 0 Å². The van der Waals surface area contributed by atoms with Gasteiger partial charge in [0.15, 0.2) is 0 Å². The van der Waals surface area contributed by atoms with E-state index in [0.29, 0.717) is 0 Å². The van der Waals surface area contributed by atoms with Gasteiger partial charge in [0.2, 0.25) is 0 Å². The summed E-state index contributed by atoms with van der Waals surface area (Å²) in [5.41, 5.74) is 0.922. The third-order valence-corrected chi connectivity index (χ3v) is 1.77. The van der Waals surface area contributed by atoms with E-state index in [1.807, 2.05) is 26.0 Å². The maximum atomic E-state index is 5.08. The monoisotopic (exact) mass is 181 g/mol. The number of nitrogens with zero attached hydrogens (tertiary/aromatic N) is 2. The first-order valence-electron chi connectivity index (χ1n) is 4.29. The van der Waals surface area contributed by atoms with Gasteiger partial charge in [0.1, 0.15) is 5.82 Å². The van der Waals surface area contributed by atoms with Gasteiger partial charge in [0, 0.05) is 13.7 Å². The lowest BCUT2D eigenvalue weighted by Gasteiger charge is -2.10. The first-order chi connectivity index (χ1) is 6.22. The van der Waals surface area contributed by atoms with Gasteiger partial charge in [0.05, 0.1) is 11.8 Å². The zero-order chi connectivity index (χ0) is 9.68. The molecule has 13 heavy (non-hydrogen) atoms. The molecule has 0 aliphatic rings. The molecule has 4 heteroatoms. The number of hydrogen-bond acceptors (Lipinski definition) is 4. The van der Waals surface area contributed by atoms with Crippen LogP contribution in [0, 0.1) is 6.92 Å². The Morgan fingerprint density at radius 1 is 1.46 bits per heavy atom. The second kappa shape index (κ2) is 4.77. The molecule has 1 unspecified atom stereocenters. The Morgan fingerprint density at radius 3 is 2.77 bits per heavy atom. The van der Waals surface area contributed by atoms with Crippen molar-refractivity contribution >= 4 is 5.82 Å². The van der Waals surface area contributed by atoms with Gasteiger partial charge in [-0.05, 0) is 26.0 Å².